The maximum Gasteiger partial charge on any atom is 0.312 e. The summed E-state index contributed by atoms with van der Waals surface area (Å²) >= 11 is 1.83. The van der Waals surface area contributed by atoms with Gasteiger partial charge in [-0.25, -0.2) is 0 Å². The van der Waals surface area contributed by atoms with Gasteiger partial charge in [0.05, 0.1) is 41.5 Å². The number of hydrogen-bond acceptors (Lipinski definition) is 14. The number of ether oxygens (including phenoxy) is 6. The lowest BCUT2D eigenvalue weighted by Crippen LogP contribution is -2.60. The monoisotopic (exact) mass is 846 g/mol. The first-order valence-corrected chi connectivity index (χ1v) is 19.5. The van der Waals surface area contributed by atoms with Crippen molar-refractivity contribution in [3.8, 4) is 0 Å². The molecule has 15 heteroatoms. The number of likely N-dealkylation sites (N-methyl/N-ethyl adjacent to an activating group) is 2. The third-order valence-electron chi connectivity index (χ3n) is 11.6. The van der Waals surface area contributed by atoms with Gasteiger partial charge in [-0.1, -0.05) is 13.8 Å². The molecule has 5 N–H and O–H groups in total. The molecule has 0 aromatic carbocycles. The third kappa shape index (κ3) is 10.3. The fourth-order valence-corrected chi connectivity index (χ4v) is 8.76. The van der Waals surface area contributed by atoms with Gasteiger partial charge in [0, 0.05) is 38.1 Å². The fraction of sp³-hybridized carbons (Fsp3) is 0.972. The number of esters is 1. The minimum absolute atomic E-state index is 0.130. The highest BCUT2D eigenvalue weighted by Gasteiger charge is 2.52. The summed E-state index contributed by atoms with van der Waals surface area (Å²) in [5, 5.41) is 57.7. The smallest absolute Gasteiger partial charge is 0.312 e. The average Bonchev–Trinajstić information content (AvgIpc) is 3.03. The molecule has 0 radical (unpaired) electrons. The minimum atomic E-state index is -1.82. The molecule has 0 unspecified atom stereocenters. The van der Waals surface area contributed by atoms with Crippen LogP contribution in [0.5, 0.6) is 0 Å². The van der Waals surface area contributed by atoms with Gasteiger partial charge in [0.15, 0.2) is 16.7 Å². The van der Waals surface area contributed by atoms with Crippen LogP contribution in [0, 0.1) is 17.8 Å². The second-order valence-electron chi connectivity index (χ2n) is 16.6. The largest absolute Gasteiger partial charge is 0.448 e. The van der Waals surface area contributed by atoms with Crippen molar-refractivity contribution in [3.63, 3.8) is 0 Å². The molecule has 3 aliphatic heterocycles. The van der Waals surface area contributed by atoms with Gasteiger partial charge < -0.3 is 63.8 Å². The van der Waals surface area contributed by atoms with E-state index in [4.69, 9.17) is 28.4 Å². The van der Waals surface area contributed by atoms with E-state index in [0.29, 0.717) is 13.0 Å². The van der Waals surface area contributed by atoms with Crippen molar-refractivity contribution in [1.82, 2.24) is 9.80 Å². The quantitative estimate of drug-likeness (QED) is 0.149. The van der Waals surface area contributed by atoms with Gasteiger partial charge >= 0.3 is 5.97 Å². The number of nitrogens with zero attached hydrogens (tertiary/aromatic N) is 2. The highest BCUT2D eigenvalue weighted by molar-refractivity contribution is 14.1. The van der Waals surface area contributed by atoms with Crippen LogP contribution in [0.1, 0.15) is 81.6 Å². The molecule has 51 heavy (non-hydrogen) atoms. The number of methoxy groups -OCH3 is 1. The van der Waals surface area contributed by atoms with Crippen LogP contribution in [0.3, 0.4) is 0 Å². The number of cyclic esters (lactones) is 1. The lowest BCUT2D eigenvalue weighted by atomic mass is 9.77. The molecular weight excluding hydrogens is 779 g/mol. The Morgan fingerprint density at radius 2 is 1.55 bits per heavy atom. The van der Waals surface area contributed by atoms with Gasteiger partial charge in [-0.2, -0.15) is 0 Å². The first-order chi connectivity index (χ1) is 23.4. The maximum absolute atomic E-state index is 14.0. The highest BCUT2D eigenvalue weighted by atomic mass is 127. The van der Waals surface area contributed by atoms with E-state index in [-0.39, 0.29) is 30.9 Å². The molecule has 3 fully saturated rings. The Kier molecular flexibility index (Phi) is 15.6. The summed E-state index contributed by atoms with van der Waals surface area (Å²) in [5.74, 6) is -2.62. The topological polar surface area (TPSA) is 180 Å². The second kappa shape index (κ2) is 17.7. The standard InChI is InChI=1S/C36H67IN2O12/c1-18-15-34(7,44)30(50-32-26(40)24(38(10)11)14-19(2)47-32)20(3)27(49-25-16-35(8,46-13)29(42)23(6)48-25)21(4)31(43)51-33(37)36(9,45)28(41)22(5)39(12)17-18/h18-30,32-33,40-42,44-45H,14-17H2,1-13H3/t18-,19-,20+,21-,22-,23+,24+,25-,26-,27+,28-,29+,30-,32+,33+,34-,35-,36+/m1/s1. The van der Waals surface area contributed by atoms with Crippen molar-refractivity contribution >= 4 is 28.6 Å². The van der Waals surface area contributed by atoms with E-state index < -0.39 is 94.0 Å². The molecule has 0 aromatic heterocycles. The van der Waals surface area contributed by atoms with Crippen molar-refractivity contribution < 1.29 is 58.7 Å². The van der Waals surface area contributed by atoms with Crippen LogP contribution in [0.15, 0.2) is 0 Å². The van der Waals surface area contributed by atoms with Gasteiger partial charge in [-0.05, 0) is 111 Å². The minimum Gasteiger partial charge on any atom is -0.448 e. The molecule has 14 nitrogen and oxygen atoms in total. The SMILES string of the molecule is CO[C@]1(C)C[C@@H](O[C@H]2[C@H](C)[C@@H](O[C@@H]3O[C@H](C)C[C@H](N(C)C)[C@H]3O)[C@](C)(O)C[C@@H](C)CN(C)[C@H](C)[C@@H](O)[C@](C)(O)[C@@H](I)OC(=O)[C@@H]2C)O[C@@H](C)[C@@H]1O. The van der Waals surface area contributed by atoms with Crippen LogP contribution >= 0.6 is 22.6 Å². The average molecular weight is 847 g/mol. The number of carbonyl (C=O) groups is 1. The Hall–Kier alpha value is -0.280. The molecule has 0 saturated carbocycles. The normalized spacial score (nSPS) is 50.4. The van der Waals surface area contributed by atoms with Crippen LogP contribution in [-0.4, -0.2) is 164 Å². The molecule has 0 aliphatic carbocycles. The highest BCUT2D eigenvalue weighted by Crippen LogP contribution is 2.40. The Balaban J connectivity index is 2.15. The van der Waals surface area contributed by atoms with Gasteiger partial charge in [-0.15, -0.1) is 0 Å². The first-order valence-electron chi connectivity index (χ1n) is 18.2. The maximum atomic E-state index is 14.0. The number of aliphatic hydroxyl groups excluding tert-OH is 3. The second-order valence-corrected chi connectivity index (χ2v) is 17.7. The third-order valence-corrected chi connectivity index (χ3v) is 13.1. The van der Waals surface area contributed by atoms with E-state index in [1.807, 2.05) is 74.3 Å². The number of rotatable bonds is 6. The van der Waals surface area contributed by atoms with Crippen molar-refractivity contribution in [2.75, 3.05) is 34.8 Å². The number of carbonyl (C=O) groups excluding carboxylic acids is 1. The van der Waals surface area contributed by atoms with Crippen molar-refractivity contribution in [1.29, 1.82) is 0 Å². The zero-order valence-electron chi connectivity index (χ0n) is 32.9. The molecule has 3 heterocycles. The van der Waals surface area contributed by atoms with Gasteiger partial charge in [0.1, 0.15) is 23.9 Å². The Bertz CT molecular complexity index is 1130. The zero-order valence-corrected chi connectivity index (χ0v) is 35.0. The lowest BCUT2D eigenvalue weighted by Gasteiger charge is -2.48. The Morgan fingerprint density at radius 1 is 0.941 bits per heavy atom. The van der Waals surface area contributed by atoms with Crippen LogP contribution in [0.2, 0.25) is 0 Å². The van der Waals surface area contributed by atoms with E-state index in [0.717, 1.165) is 0 Å². The lowest BCUT2D eigenvalue weighted by molar-refractivity contribution is -0.317. The molecule has 3 saturated heterocycles. The Labute approximate surface area is 318 Å². The van der Waals surface area contributed by atoms with Crippen LogP contribution in [0.25, 0.3) is 0 Å². The van der Waals surface area contributed by atoms with Crippen molar-refractivity contribution in [3.05, 3.63) is 0 Å². The predicted octanol–water partition coefficient (Wildman–Crippen LogP) is 1.88. The van der Waals surface area contributed by atoms with Gasteiger partial charge in [0.2, 0.25) is 0 Å². The number of aliphatic hydroxyl groups is 5. The van der Waals surface area contributed by atoms with Crippen LogP contribution in [0.4, 0.5) is 0 Å². The summed E-state index contributed by atoms with van der Waals surface area (Å²) in [6, 6.07) is -0.814. The zero-order chi connectivity index (χ0) is 39.0. The molecular formula is C36H67IN2O12. The molecule has 3 aliphatic rings. The van der Waals surface area contributed by atoms with Gasteiger partial charge in [-0.3, -0.25) is 4.79 Å². The fourth-order valence-electron chi connectivity index (χ4n) is 8.15. The van der Waals surface area contributed by atoms with Crippen molar-refractivity contribution in [2.24, 2.45) is 17.8 Å². The molecule has 0 aromatic rings. The summed E-state index contributed by atoms with van der Waals surface area (Å²) < 4.78 is 36.1. The predicted molar refractivity (Wildman–Crippen MR) is 198 cm³/mol. The van der Waals surface area contributed by atoms with E-state index in [1.165, 1.54) is 14.0 Å². The molecule has 0 amide bonds. The van der Waals surface area contributed by atoms with E-state index in [1.54, 1.807) is 34.6 Å². The number of halogens is 1. The number of alkyl halides is 1. The molecule has 300 valence electrons. The van der Waals surface area contributed by atoms with Crippen LogP contribution in [-0.2, 0) is 33.2 Å². The molecule has 0 bridgehead atoms. The summed E-state index contributed by atoms with van der Waals surface area (Å²) in [6.07, 6.45) is -7.39. The van der Waals surface area contributed by atoms with Crippen molar-refractivity contribution in [2.45, 2.75) is 170 Å². The molecule has 0 spiro atoms. The molecule has 3 rings (SSSR count). The summed E-state index contributed by atoms with van der Waals surface area (Å²) in [5.41, 5.74) is -4.40. The van der Waals surface area contributed by atoms with Gasteiger partial charge in [0.25, 0.3) is 0 Å². The summed E-state index contributed by atoms with van der Waals surface area (Å²) in [6.45, 7) is 16.2. The summed E-state index contributed by atoms with van der Waals surface area (Å²) in [4.78, 5) is 17.9. The summed E-state index contributed by atoms with van der Waals surface area (Å²) in [7, 11) is 7.10. The molecule has 18 atom stereocenters. The van der Waals surface area contributed by atoms with E-state index >= 15 is 0 Å². The van der Waals surface area contributed by atoms with E-state index in [2.05, 4.69) is 0 Å². The van der Waals surface area contributed by atoms with Crippen LogP contribution < -0.4 is 0 Å². The Morgan fingerprint density at radius 3 is 2.12 bits per heavy atom. The first kappa shape index (κ1) is 45.1. The van der Waals surface area contributed by atoms with E-state index in [9.17, 15) is 30.3 Å². The number of hydrogen-bond donors (Lipinski definition) is 5.